The lowest BCUT2D eigenvalue weighted by molar-refractivity contribution is -0.157. The average molecular weight is 252 g/mol. The topological polar surface area (TPSA) is 66.8 Å². The van der Waals surface area contributed by atoms with E-state index in [-0.39, 0.29) is 13.1 Å². The van der Waals surface area contributed by atoms with Crippen LogP contribution < -0.4 is 0 Å². The highest BCUT2D eigenvalue weighted by Crippen LogP contribution is 2.21. The van der Waals surface area contributed by atoms with Gasteiger partial charge in [-0.25, -0.2) is 0 Å². The third kappa shape index (κ3) is 4.13. The fourth-order valence-corrected chi connectivity index (χ4v) is 1.88. The summed E-state index contributed by atoms with van der Waals surface area (Å²) in [4.78, 5) is 10.2. The van der Waals surface area contributed by atoms with Crippen molar-refractivity contribution in [3.63, 3.8) is 0 Å². The molecular formula is C14H20O4. The van der Waals surface area contributed by atoms with Crippen molar-refractivity contribution in [2.75, 3.05) is 6.61 Å². The number of carbonyl (C=O) groups excluding carboxylic acids is 1. The van der Waals surface area contributed by atoms with Gasteiger partial charge in [-0.2, -0.15) is 0 Å². The minimum Gasteiger partial charge on any atom is -0.437 e. The van der Waals surface area contributed by atoms with Crippen molar-refractivity contribution < 1.29 is 19.7 Å². The van der Waals surface area contributed by atoms with Crippen LogP contribution in [0.3, 0.4) is 0 Å². The van der Waals surface area contributed by atoms with Crippen LogP contribution in [0, 0.1) is 5.92 Å². The summed E-state index contributed by atoms with van der Waals surface area (Å²) in [6.07, 6.45) is -0.333. The summed E-state index contributed by atoms with van der Waals surface area (Å²) in [6.45, 7) is 4.19. The Morgan fingerprint density at radius 3 is 2.33 bits per heavy atom. The van der Waals surface area contributed by atoms with Gasteiger partial charge in [0.15, 0.2) is 0 Å². The summed E-state index contributed by atoms with van der Waals surface area (Å²) >= 11 is 0. The number of hydrogen-bond donors (Lipinski definition) is 2. The molecular weight excluding hydrogens is 232 g/mol. The van der Waals surface area contributed by atoms with Crippen molar-refractivity contribution in [2.45, 2.75) is 32.5 Å². The lowest BCUT2D eigenvalue weighted by Crippen LogP contribution is -2.24. The lowest BCUT2D eigenvalue weighted by Gasteiger charge is -2.19. The zero-order valence-corrected chi connectivity index (χ0v) is 10.7. The highest BCUT2D eigenvalue weighted by molar-refractivity contribution is 5.37. The molecule has 18 heavy (non-hydrogen) atoms. The maximum atomic E-state index is 10.2. The van der Waals surface area contributed by atoms with Crippen LogP contribution in [0.5, 0.6) is 0 Å². The Morgan fingerprint density at radius 2 is 1.89 bits per heavy atom. The molecule has 0 amide bonds. The first-order chi connectivity index (χ1) is 8.58. The van der Waals surface area contributed by atoms with Gasteiger partial charge < -0.3 is 14.9 Å². The van der Waals surface area contributed by atoms with E-state index in [0.29, 0.717) is 5.92 Å². The number of benzene rings is 1. The number of hydrogen-bond acceptors (Lipinski definition) is 4. The first kappa shape index (κ1) is 14.7. The molecule has 0 aliphatic rings. The molecule has 1 rings (SSSR count). The van der Waals surface area contributed by atoms with Gasteiger partial charge in [0.1, 0.15) is 0 Å². The molecule has 0 heterocycles. The smallest absolute Gasteiger partial charge is 0.295 e. The molecule has 4 heteroatoms. The van der Waals surface area contributed by atoms with Crippen LogP contribution in [0.2, 0.25) is 0 Å². The third-order valence-corrected chi connectivity index (χ3v) is 2.79. The van der Waals surface area contributed by atoms with Gasteiger partial charge in [-0.05, 0) is 23.5 Å². The minimum absolute atomic E-state index is 0.181. The van der Waals surface area contributed by atoms with E-state index in [1.54, 1.807) is 0 Å². The van der Waals surface area contributed by atoms with Gasteiger partial charge in [0.05, 0.1) is 12.5 Å². The maximum absolute atomic E-state index is 10.2. The van der Waals surface area contributed by atoms with Gasteiger partial charge in [0, 0.05) is 0 Å². The van der Waals surface area contributed by atoms with Crippen LogP contribution in [0.15, 0.2) is 24.3 Å². The van der Waals surface area contributed by atoms with E-state index in [1.165, 1.54) is 5.56 Å². The Morgan fingerprint density at radius 1 is 1.28 bits per heavy atom. The van der Waals surface area contributed by atoms with Crippen molar-refractivity contribution in [3.8, 4) is 0 Å². The third-order valence-electron chi connectivity index (χ3n) is 2.79. The normalized spacial score (nSPS) is 14.3. The van der Waals surface area contributed by atoms with Crippen LogP contribution >= 0.6 is 0 Å². The molecule has 0 aliphatic carbocycles. The second-order valence-corrected chi connectivity index (χ2v) is 4.75. The van der Waals surface area contributed by atoms with E-state index in [1.807, 2.05) is 24.3 Å². The maximum Gasteiger partial charge on any atom is 0.295 e. The summed E-state index contributed by atoms with van der Waals surface area (Å²) in [5.74, 6) is -0.0308. The van der Waals surface area contributed by atoms with Gasteiger partial charge in [-0.1, -0.05) is 38.1 Å². The molecule has 2 atom stereocenters. The van der Waals surface area contributed by atoms with E-state index in [2.05, 4.69) is 18.6 Å². The molecule has 1 aromatic carbocycles. The summed E-state index contributed by atoms with van der Waals surface area (Å²) in [5.41, 5.74) is 1.95. The zero-order valence-electron chi connectivity index (χ0n) is 10.7. The first-order valence-corrected chi connectivity index (χ1v) is 6.05. The Kier molecular flexibility index (Phi) is 5.82. The van der Waals surface area contributed by atoms with Crippen LogP contribution in [0.25, 0.3) is 0 Å². The summed E-state index contributed by atoms with van der Waals surface area (Å²) in [5, 5.41) is 18.8. The zero-order chi connectivity index (χ0) is 13.5. The molecule has 4 nitrogen and oxygen atoms in total. The van der Waals surface area contributed by atoms with Crippen LogP contribution in [-0.4, -0.2) is 29.6 Å². The van der Waals surface area contributed by atoms with E-state index >= 15 is 0 Å². The van der Waals surface area contributed by atoms with Gasteiger partial charge in [0.25, 0.3) is 6.47 Å². The Balaban J connectivity index is 2.78. The molecule has 2 N–H and O–H groups in total. The van der Waals surface area contributed by atoms with Gasteiger partial charge in [0.2, 0.25) is 6.29 Å². The summed E-state index contributed by atoms with van der Waals surface area (Å²) < 4.78 is 4.46. The van der Waals surface area contributed by atoms with Gasteiger partial charge in [-0.3, -0.25) is 4.79 Å². The molecule has 100 valence electrons. The molecule has 0 radical (unpaired) electrons. The van der Waals surface area contributed by atoms with Crippen molar-refractivity contribution in [1.82, 2.24) is 0 Å². The summed E-state index contributed by atoms with van der Waals surface area (Å²) in [6, 6.07) is 7.61. The molecule has 0 bridgehead atoms. The quantitative estimate of drug-likeness (QED) is 0.569. The number of aliphatic hydroxyl groups excluding tert-OH is 2. The van der Waals surface area contributed by atoms with E-state index in [0.717, 1.165) is 12.0 Å². The molecule has 1 aromatic rings. The van der Waals surface area contributed by atoms with E-state index < -0.39 is 12.2 Å². The molecule has 0 fully saturated rings. The molecule has 2 unspecified atom stereocenters. The van der Waals surface area contributed by atoms with Crippen molar-refractivity contribution in [2.24, 2.45) is 5.92 Å². The second kappa shape index (κ2) is 7.13. The monoisotopic (exact) mass is 252 g/mol. The Labute approximate surface area is 107 Å². The largest absolute Gasteiger partial charge is 0.437 e. The predicted molar refractivity (Wildman–Crippen MR) is 68.0 cm³/mol. The van der Waals surface area contributed by atoms with Crippen LogP contribution in [0.4, 0.5) is 0 Å². The average Bonchev–Trinajstić information content (AvgIpc) is 2.32. The minimum atomic E-state index is -1.32. The number of carbonyl (C=O) groups is 1. The number of ether oxygens (including phenoxy) is 1. The van der Waals surface area contributed by atoms with Crippen molar-refractivity contribution in [1.29, 1.82) is 0 Å². The lowest BCUT2D eigenvalue weighted by atomic mass is 9.96. The molecule has 0 saturated carbocycles. The van der Waals surface area contributed by atoms with Crippen molar-refractivity contribution in [3.05, 3.63) is 35.4 Å². The Hall–Kier alpha value is -1.39. The standard InChI is InChI=1S/C14H20O4/c1-10(2)7-11-3-5-12(6-4-11)13(8-15)14(17)18-9-16/h3-6,9-10,13-15,17H,7-8H2,1-2H3. The Bertz CT molecular complexity index is 359. The highest BCUT2D eigenvalue weighted by atomic mass is 16.6. The molecule has 0 saturated heterocycles. The second-order valence-electron chi connectivity index (χ2n) is 4.75. The first-order valence-electron chi connectivity index (χ1n) is 6.05. The van der Waals surface area contributed by atoms with E-state index in [4.69, 9.17) is 0 Å². The van der Waals surface area contributed by atoms with Gasteiger partial charge in [-0.15, -0.1) is 0 Å². The fourth-order valence-electron chi connectivity index (χ4n) is 1.88. The molecule has 0 aromatic heterocycles. The van der Waals surface area contributed by atoms with Gasteiger partial charge >= 0.3 is 0 Å². The van der Waals surface area contributed by atoms with Crippen molar-refractivity contribution >= 4 is 6.47 Å². The number of rotatable bonds is 7. The van der Waals surface area contributed by atoms with Crippen LogP contribution in [-0.2, 0) is 16.0 Å². The highest BCUT2D eigenvalue weighted by Gasteiger charge is 2.21. The summed E-state index contributed by atoms with van der Waals surface area (Å²) in [7, 11) is 0. The predicted octanol–water partition coefficient (Wildman–Crippen LogP) is 1.45. The van der Waals surface area contributed by atoms with E-state index in [9.17, 15) is 15.0 Å². The molecule has 0 spiro atoms. The SMILES string of the molecule is CC(C)Cc1ccc(C(CO)C(O)OC=O)cc1. The fraction of sp³-hybridized carbons (Fsp3) is 0.500. The van der Waals surface area contributed by atoms with Crippen LogP contribution in [0.1, 0.15) is 30.9 Å². The molecule has 0 aliphatic heterocycles. The number of aliphatic hydroxyl groups is 2.